The number of carbonyl (C=O) groups excluding carboxylic acids is 2. The Labute approximate surface area is 102 Å². The first kappa shape index (κ1) is 13.3. The lowest BCUT2D eigenvalue weighted by atomic mass is 10.3. The van der Waals surface area contributed by atoms with E-state index >= 15 is 0 Å². The maximum atomic E-state index is 11.3. The summed E-state index contributed by atoms with van der Waals surface area (Å²) in [6, 6.07) is 4.05. The monoisotopic (exact) mass is 258 g/mol. The van der Waals surface area contributed by atoms with Gasteiger partial charge in [0.05, 0.1) is 12.3 Å². The topological polar surface area (TPSA) is 98.7 Å². The number of aliphatic hydroxyl groups excluding tert-OH is 1. The van der Waals surface area contributed by atoms with E-state index in [9.17, 15) is 14.7 Å². The van der Waals surface area contributed by atoms with Crippen molar-refractivity contribution in [3.63, 3.8) is 0 Å². The lowest BCUT2D eigenvalue weighted by Gasteiger charge is -2.07. The summed E-state index contributed by atoms with van der Waals surface area (Å²) in [5.74, 6) is -2.05. The lowest BCUT2D eigenvalue weighted by molar-refractivity contribution is -0.136. The smallest absolute Gasteiger partial charge is 0.313 e. The zero-order chi connectivity index (χ0) is 12.8. The van der Waals surface area contributed by atoms with E-state index in [0.717, 1.165) is 0 Å². The van der Waals surface area contributed by atoms with Crippen molar-refractivity contribution in [2.75, 3.05) is 18.5 Å². The average molecular weight is 259 g/mol. The number of phenolic OH excluding ortho intramolecular Hbond substituents is 1. The highest BCUT2D eigenvalue weighted by Gasteiger charge is 2.14. The van der Waals surface area contributed by atoms with Crippen molar-refractivity contribution in [1.29, 1.82) is 0 Å². The van der Waals surface area contributed by atoms with Crippen LogP contribution in [-0.4, -0.2) is 35.2 Å². The fourth-order valence-corrected chi connectivity index (χ4v) is 1.21. The molecule has 2 amide bonds. The summed E-state index contributed by atoms with van der Waals surface area (Å²) in [6.45, 7) is -0.283. The molecule has 0 aliphatic heterocycles. The molecule has 0 aliphatic carbocycles. The number of anilines is 1. The van der Waals surface area contributed by atoms with Crippen molar-refractivity contribution in [3.05, 3.63) is 23.2 Å². The Morgan fingerprint density at radius 3 is 2.65 bits per heavy atom. The van der Waals surface area contributed by atoms with Crippen LogP contribution in [0.25, 0.3) is 0 Å². The van der Waals surface area contributed by atoms with Crippen LogP contribution < -0.4 is 10.6 Å². The Hall–Kier alpha value is -1.79. The molecule has 92 valence electrons. The predicted octanol–water partition coefficient (Wildman–Crippen LogP) is 0.0926. The first-order valence-corrected chi connectivity index (χ1v) is 5.11. The molecule has 0 atom stereocenters. The lowest BCUT2D eigenvalue weighted by Crippen LogP contribution is -2.36. The molecular weight excluding hydrogens is 248 g/mol. The minimum Gasteiger partial charge on any atom is -0.506 e. The minimum absolute atomic E-state index is 0.0201. The van der Waals surface area contributed by atoms with Gasteiger partial charge in [-0.25, -0.2) is 0 Å². The molecule has 1 aromatic rings. The highest BCUT2D eigenvalue weighted by molar-refractivity contribution is 6.40. The molecule has 0 saturated heterocycles. The molecule has 0 radical (unpaired) electrons. The van der Waals surface area contributed by atoms with Crippen molar-refractivity contribution in [1.82, 2.24) is 5.32 Å². The van der Waals surface area contributed by atoms with Gasteiger partial charge >= 0.3 is 11.8 Å². The number of hydrogen-bond acceptors (Lipinski definition) is 4. The molecule has 4 N–H and O–H groups in total. The van der Waals surface area contributed by atoms with Crippen LogP contribution >= 0.6 is 11.6 Å². The highest BCUT2D eigenvalue weighted by Crippen LogP contribution is 2.26. The van der Waals surface area contributed by atoms with E-state index in [-0.39, 0.29) is 24.6 Å². The first-order chi connectivity index (χ1) is 8.04. The van der Waals surface area contributed by atoms with Crippen molar-refractivity contribution in [2.45, 2.75) is 0 Å². The molecule has 6 nitrogen and oxygen atoms in total. The number of rotatable bonds is 3. The largest absolute Gasteiger partial charge is 0.506 e. The van der Waals surface area contributed by atoms with Gasteiger partial charge in [0, 0.05) is 11.6 Å². The zero-order valence-corrected chi connectivity index (χ0v) is 9.49. The second-order valence-corrected chi connectivity index (χ2v) is 3.53. The molecule has 0 unspecified atom stereocenters. The maximum Gasteiger partial charge on any atom is 0.313 e. The first-order valence-electron chi connectivity index (χ1n) is 4.73. The summed E-state index contributed by atoms with van der Waals surface area (Å²) < 4.78 is 0. The van der Waals surface area contributed by atoms with E-state index in [1.807, 2.05) is 0 Å². The Morgan fingerprint density at radius 1 is 1.29 bits per heavy atom. The highest BCUT2D eigenvalue weighted by atomic mass is 35.5. The summed E-state index contributed by atoms with van der Waals surface area (Å²) in [7, 11) is 0. The normalized spacial score (nSPS) is 9.76. The number of phenols is 1. The standard InChI is InChI=1S/C10H11ClN2O4/c11-6-1-2-8(15)7(5-6)13-10(17)9(16)12-3-4-14/h1-2,5,14-15H,3-4H2,(H,12,16)(H,13,17). The molecule has 0 spiro atoms. The molecule has 17 heavy (non-hydrogen) atoms. The van der Waals surface area contributed by atoms with E-state index in [4.69, 9.17) is 16.7 Å². The summed E-state index contributed by atoms with van der Waals surface area (Å²) in [4.78, 5) is 22.5. The van der Waals surface area contributed by atoms with Crippen LogP contribution in [0.4, 0.5) is 5.69 Å². The van der Waals surface area contributed by atoms with Gasteiger partial charge in [-0.15, -0.1) is 0 Å². The summed E-state index contributed by atoms with van der Waals surface area (Å²) in [5.41, 5.74) is 0.0432. The van der Waals surface area contributed by atoms with Crippen LogP contribution in [0.1, 0.15) is 0 Å². The van der Waals surface area contributed by atoms with Gasteiger partial charge in [-0.05, 0) is 18.2 Å². The molecule has 0 fully saturated rings. The SMILES string of the molecule is O=C(NCCO)C(=O)Nc1cc(Cl)ccc1O. The summed E-state index contributed by atoms with van der Waals surface area (Å²) in [6.07, 6.45) is 0. The van der Waals surface area contributed by atoms with Crippen LogP contribution in [0.2, 0.25) is 5.02 Å². The van der Waals surface area contributed by atoms with Gasteiger partial charge in [-0.2, -0.15) is 0 Å². The third-order valence-corrected chi connectivity index (χ3v) is 2.05. The molecular formula is C10H11ClN2O4. The fourth-order valence-electron chi connectivity index (χ4n) is 1.04. The van der Waals surface area contributed by atoms with E-state index in [0.29, 0.717) is 5.02 Å². The van der Waals surface area contributed by atoms with Crippen LogP contribution in [0.15, 0.2) is 18.2 Å². The van der Waals surface area contributed by atoms with Gasteiger partial charge in [0.25, 0.3) is 0 Å². The van der Waals surface area contributed by atoms with Gasteiger partial charge in [0.2, 0.25) is 0 Å². The van der Waals surface area contributed by atoms with E-state index in [1.54, 1.807) is 0 Å². The van der Waals surface area contributed by atoms with E-state index < -0.39 is 11.8 Å². The molecule has 7 heteroatoms. The van der Waals surface area contributed by atoms with Crippen molar-refractivity contribution < 1.29 is 19.8 Å². The molecule has 0 aromatic heterocycles. The molecule has 1 aromatic carbocycles. The van der Waals surface area contributed by atoms with Gasteiger partial charge < -0.3 is 20.8 Å². The Kier molecular flexibility index (Phi) is 4.74. The van der Waals surface area contributed by atoms with Crippen LogP contribution in [0.5, 0.6) is 5.75 Å². The number of aromatic hydroxyl groups is 1. The number of nitrogens with one attached hydrogen (secondary N) is 2. The zero-order valence-electron chi connectivity index (χ0n) is 8.74. The third-order valence-electron chi connectivity index (χ3n) is 1.81. The number of amides is 2. The van der Waals surface area contributed by atoms with Crippen molar-refractivity contribution in [3.8, 4) is 5.75 Å². The predicted molar refractivity (Wildman–Crippen MR) is 61.8 cm³/mol. The Balaban J connectivity index is 2.67. The van der Waals surface area contributed by atoms with Gasteiger partial charge in [-0.3, -0.25) is 9.59 Å². The Bertz CT molecular complexity index is 436. The van der Waals surface area contributed by atoms with Crippen LogP contribution in [0, 0.1) is 0 Å². The van der Waals surface area contributed by atoms with Crippen LogP contribution in [0.3, 0.4) is 0 Å². The maximum absolute atomic E-state index is 11.3. The number of hydrogen-bond donors (Lipinski definition) is 4. The molecule has 0 heterocycles. The number of carbonyl (C=O) groups is 2. The summed E-state index contributed by atoms with van der Waals surface area (Å²) >= 11 is 5.67. The minimum atomic E-state index is -0.948. The second-order valence-electron chi connectivity index (χ2n) is 3.10. The molecule has 0 bridgehead atoms. The number of benzene rings is 1. The summed E-state index contributed by atoms with van der Waals surface area (Å²) in [5, 5.41) is 22.5. The average Bonchev–Trinajstić information content (AvgIpc) is 2.30. The quantitative estimate of drug-likeness (QED) is 0.456. The number of aliphatic hydroxyl groups is 1. The van der Waals surface area contributed by atoms with Gasteiger partial charge in [-0.1, -0.05) is 11.6 Å². The van der Waals surface area contributed by atoms with Gasteiger partial charge in [0.1, 0.15) is 5.75 Å². The van der Waals surface area contributed by atoms with Crippen molar-refractivity contribution in [2.24, 2.45) is 0 Å². The van der Waals surface area contributed by atoms with Gasteiger partial charge in [0.15, 0.2) is 0 Å². The van der Waals surface area contributed by atoms with E-state index in [1.165, 1.54) is 18.2 Å². The second kappa shape index (κ2) is 6.07. The molecule has 1 rings (SSSR count). The Morgan fingerprint density at radius 2 is 2.00 bits per heavy atom. The third kappa shape index (κ3) is 3.93. The van der Waals surface area contributed by atoms with E-state index in [2.05, 4.69) is 10.6 Å². The molecule has 0 aliphatic rings. The van der Waals surface area contributed by atoms with Crippen LogP contribution in [-0.2, 0) is 9.59 Å². The number of halogens is 1. The van der Waals surface area contributed by atoms with Crippen molar-refractivity contribution >= 4 is 29.1 Å². The fraction of sp³-hybridized carbons (Fsp3) is 0.200. The molecule has 0 saturated carbocycles.